The maximum atomic E-state index is 12.8. The van der Waals surface area contributed by atoms with Crippen LogP contribution < -0.4 is 9.64 Å². The van der Waals surface area contributed by atoms with Crippen molar-refractivity contribution in [3.63, 3.8) is 0 Å². The summed E-state index contributed by atoms with van der Waals surface area (Å²) in [6.07, 6.45) is -0.0904. The number of ether oxygens (including phenoxy) is 2. The van der Waals surface area contributed by atoms with Gasteiger partial charge in [0.05, 0.1) is 0 Å². The van der Waals surface area contributed by atoms with Crippen LogP contribution in [0.15, 0.2) is 48.5 Å². The molecule has 2 aromatic carbocycles. The first-order valence-corrected chi connectivity index (χ1v) is 8.82. The maximum absolute atomic E-state index is 12.8. The van der Waals surface area contributed by atoms with E-state index in [0.717, 1.165) is 17.7 Å². The Morgan fingerprint density at radius 1 is 1.19 bits per heavy atom. The average molecular weight is 374 g/mol. The molecule has 0 aromatic heterocycles. The van der Waals surface area contributed by atoms with Crippen LogP contribution in [-0.2, 0) is 20.7 Å². The normalized spacial score (nSPS) is 16.7. The molecular weight excluding hydrogens is 354 g/mol. The molecule has 1 heterocycles. The van der Waals surface area contributed by atoms with Crippen LogP contribution in [0.4, 0.5) is 5.69 Å². The van der Waals surface area contributed by atoms with E-state index < -0.39 is 12.1 Å². The second kappa shape index (κ2) is 7.79. The van der Waals surface area contributed by atoms with Crippen molar-refractivity contribution in [3.8, 4) is 5.75 Å². The Labute approximate surface area is 157 Å². The smallest absolute Gasteiger partial charge is 0.344 e. The molecule has 0 radical (unpaired) electrons. The van der Waals surface area contributed by atoms with Gasteiger partial charge >= 0.3 is 5.97 Å². The second-order valence-corrected chi connectivity index (χ2v) is 6.70. The summed E-state index contributed by atoms with van der Waals surface area (Å²) in [4.78, 5) is 26.5. The zero-order valence-electron chi connectivity index (χ0n) is 14.6. The number of halogens is 1. The molecule has 1 aliphatic rings. The van der Waals surface area contributed by atoms with Gasteiger partial charge in [-0.15, -0.1) is 0 Å². The predicted molar refractivity (Wildman–Crippen MR) is 99.6 cm³/mol. The van der Waals surface area contributed by atoms with Crippen LogP contribution in [0, 0.1) is 0 Å². The van der Waals surface area contributed by atoms with Crippen molar-refractivity contribution in [2.75, 3.05) is 11.5 Å². The van der Waals surface area contributed by atoms with Gasteiger partial charge in [-0.3, -0.25) is 4.79 Å². The van der Waals surface area contributed by atoms with E-state index in [9.17, 15) is 9.59 Å². The van der Waals surface area contributed by atoms with Crippen molar-refractivity contribution in [2.24, 2.45) is 0 Å². The summed E-state index contributed by atoms with van der Waals surface area (Å²) < 4.78 is 10.6. The Morgan fingerprint density at radius 3 is 2.62 bits per heavy atom. The molecule has 0 unspecified atom stereocenters. The molecule has 0 bridgehead atoms. The molecule has 0 aliphatic carbocycles. The van der Waals surface area contributed by atoms with E-state index >= 15 is 0 Å². The molecule has 0 saturated heterocycles. The average Bonchev–Trinajstić information content (AvgIpc) is 2.96. The molecule has 136 valence electrons. The Kier molecular flexibility index (Phi) is 5.47. The van der Waals surface area contributed by atoms with Crippen LogP contribution in [0.5, 0.6) is 5.75 Å². The highest BCUT2D eigenvalue weighted by molar-refractivity contribution is 6.30. The minimum atomic E-state index is -0.884. The Bertz CT molecular complexity index is 806. The fourth-order valence-electron chi connectivity index (χ4n) is 3.05. The number of esters is 1. The number of benzene rings is 2. The molecule has 6 heteroatoms. The van der Waals surface area contributed by atoms with Crippen molar-refractivity contribution < 1.29 is 19.1 Å². The zero-order valence-corrected chi connectivity index (χ0v) is 15.4. The highest BCUT2D eigenvalue weighted by Gasteiger charge is 2.34. The quantitative estimate of drug-likeness (QED) is 0.751. The van der Waals surface area contributed by atoms with Gasteiger partial charge in [0, 0.05) is 16.8 Å². The van der Waals surface area contributed by atoms with Gasteiger partial charge in [-0.05, 0) is 56.2 Å². The van der Waals surface area contributed by atoms with Crippen molar-refractivity contribution in [2.45, 2.75) is 32.4 Å². The number of hydrogen-bond acceptors (Lipinski definition) is 4. The molecule has 1 amide bonds. The highest BCUT2D eigenvalue weighted by atomic mass is 35.5. The van der Waals surface area contributed by atoms with Crippen LogP contribution in [0.1, 0.15) is 19.4 Å². The van der Waals surface area contributed by atoms with Gasteiger partial charge in [0.2, 0.25) is 0 Å². The van der Waals surface area contributed by atoms with E-state index in [0.29, 0.717) is 10.8 Å². The fourth-order valence-corrected chi connectivity index (χ4v) is 3.18. The lowest BCUT2D eigenvalue weighted by molar-refractivity contribution is -0.155. The van der Waals surface area contributed by atoms with Crippen molar-refractivity contribution in [3.05, 3.63) is 59.1 Å². The number of para-hydroxylation sites is 1. The molecule has 1 aliphatic heterocycles. The van der Waals surface area contributed by atoms with Crippen molar-refractivity contribution >= 4 is 29.2 Å². The van der Waals surface area contributed by atoms with Crippen LogP contribution >= 0.6 is 11.6 Å². The number of anilines is 1. The van der Waals surface area contributed by atoms with Gasteiger partial charge in [-0.1, -0.05) is 29.8 Å². The zero-order chi connectivity index (χ0) is 18.7. The topological polar surface area (TPSA) is 55.8 Å². The number of amides is 1. The van der Waals surface area contributed by atoms with Crippen LogP contribution in [0.25, 0.3) is 0 Å². The summed E-state index contributed by atoms with van der Waals surface area (Å²) >= 11 is 5.80. The third-order valence-electron chi connectivity index (χ3n) is 4.27. The lowest BCUT2D eigenvalue weighted by Gasteiger charge is -2.25. The van der Waals surface area contributed by atoms with Crippen molar-refractivity contribution in [1.82, 2.24) is 0 Å². The number of hydrogen-bond donors (Lipinski definition) is 0. The van der Waals surface area contributed by atoms with E-state index in [1.165, 1.54) is 0 Å². The van der Waals surface area contributed by atoms with Crippen molar-refractivity contribution in [1.29, 1.82) is 0 Å². The molecule has 3 rings (SSSR count). The lowest BCUT2D eigenvalue weighted by Crippen LogP contribution is -2.43. The van der Waals surface area contributed by atoms with E-state index in [-0.39, 0.29) is 18.6 Å². The first-order chi connectivity index (χ1) is 12.5. The summed E-state index contributed by atoms with van der Waals surface area (Å²) in [6, 6.07) is 14.5. The molecule has 0 N–H and O–H groups in total. The van der Waals surface area contributed by atoms with E-state index in [2.05, 4.69) is 0 Å². The third kappa shape index (κ3) is 3.99. The van der Waals surface area contributed by atoms with E-state index in [4.69, 9.17) is 21.1 Å². The fraction of sp³-hybridized carbons (Fsp3) is 0.300. The highest BCUT2D eigenvalue weighted by Crippen LogP contribution is 2.32. The summed E-state index contributed by atoms with van der Waals surface area (Å²) in [5, 5.41) is 0.583. The molecule has 26 heavy (non-hydrogen) atoms. The predicted octanol–water partition coefficient (Wildman–Crippen LogP) is 3.63. The molecule has 2 aromatic rings. The third-order valence-corrected chi connectivity index (χ3v) is 4.52. The summed E-state index contributed by atoms with van der Waals surface area (Å²) in [5.74, 6) is -0.323. The molecule has 0 fully saturated rings. The molecule has 0 saturated carbocycles. The minimum Gasteiger partial charge on any atom is -0.482 e. The Balaban J connectivity index is 1.57. The van der Waals surface area contributed by atoms with Crippen LogP contribution in [-0.4, -0.2) is 30.6 Å². The van der Waals surface area contributed by atoms with E-state index in [1.807, 2.05) is 31.2 Å². The Morgan fingerprint density at radius 2 is 1.88 bits per heavy atom. The number of carbonyl (C=O) groups is 2. The maximum Gasteiger partial charge on any atom is 0.344 e. The first-order valence-electron chi connectivity index (χ1n) is 8.44. The molecule has 5 nitrogen and oxygen atoms in total. The number of carbonyl (C=O) groups excluding carboxylic acids is 2. The minimum absolute atomic E-state index is 0.0337. The van der Waals surface area contributed by atoms with Gasteiger partial charge in [0.25, 0.3) is 5.91 Å². The van der Waals surface area contributed by atoms with Gasteiger partial charge < -0.3 is 14.4 Å². The monoisotopic (exact) mass is 373 g/mol. The lowest BCUT2D eigenvalue weighted by atomic mass is 10.1. The number of rotatable bonds is 5. The Hall–Kier alpha value is -2.53. The molecule has 0 spiro atoms. The summed E-state index contributed by atoms with van der Waals surface area (Å²) in [5.41, 5.74) is 2.00. The van der Waals surface area contributed by atoms with Gasteiger partial charge in [-0.25, -0.2) is 4.79 Å². The summed E-state index contributed by atoms with van der Waals surface area (Å²) in [7, 11) is 0. The number of nitrogens with zero attached hydrogens (tertiary/aromatic N) is 1. The molecule has 2 atom stereocenters. The SMILES string of the molecule is C[C@H](OC(=O)COc1ccc(Cl)cc1)C(=O)N1c2ccccc2C[C@H]1C. The largest absolute Gasteiger partial charge is 0.482 e. The summed E-state index contributed by atoms with van der Waals surface area (Å²) in [6.45, 7) is 3.29. The number of fused-ring (bicyclic) bond motifs is 1. The van der Waals surface area contributed by atoms with Crippen LogP contribution in [0.2, 0.25) is 5.02 Å². The van der Waals surface area contributed by atoms with E-state index in [1.54, 1.807) is 36.1 Å². The standard InChI is InChI=1S/C20H20ClNO4/c1-13-11-15-5-3-4-6-18(15)22(13)20(24)14(2)26-19(23)12-25-17-9-7-16(21)8-10-17/h3-10,13-14H,11-12H2,1-2H3/t13-,14+/m1/s1. The first kappa shape index (κ1) is 18.3. The second-order valence-electron chi connectivity index (χ2n) is 6.26. The van der Waals surface area contributed by atoms with Gasteiger partial charge in [0.1, 0.15) is 5.75 Å². The van der Waals surface area contributed by atoms with Crippen LogP contribution in [0.3, 0.4) is 0 Å². The van der Waals surface area contributed by atoms with Gasteiger partial charge in [-0.2, -0.15) is 0 Å². The van der Waals surface area contributed by atoms with Gasteiger partial charge in [0.15, 0.2) is 12.7 Å². The molecular formula is C20H20ClNO4.